The molecule has 27 heteroatoms. The first-order chi connectivity index (χ1) is 44.3. The third kappa shape index (κ3) is 26.8. The number of rotatable bonds is 36. The summed E-state index contributed by atoms with van der Waals surface area (Å²) in [6, 6.07) is 0.859. The van der Waals surface area contributed by atoms with Crippen molar-refractivity contribution in [1.82, 2.24) is 47.0 Å². The summed E-state index contributed by atoms with van der Waals surface area (Å²) in [6.07, 6.45) is 4.19. The number of unbranched alkanes of at least 4 members (excludes halogenated alkanes) is 4. The number of likely N-dealkylation sites (N-methyl/N-ethyl adjacent to an activating group) is 2. The maximum absolute atomic E-state index is 14.0. The molecule has 0 saturated heterocycles. The SMILES string of the molecule is CCCCCCC=CCC(=O)NC(Cc1ccc(O)cc1)C(O)CC(=O)NC(C(=O)NC(CO)C(O)CC(=O)NC(C(=O)NC(CO)C(O)CC(=O)NC(C(=O)NC1C=CC(=O)N(C)C(C(C)C)C(=O)N(C)C(Cc2ccc(O)cc2)C(=O)OC1)C(C)C)C(C)C)C(C)C. The lowest BCUT2D eigenvalue weighted by Gasteiger charge is -2.36. The van der Waals surface area contributed by atoms with Crippen LogP contribution in [0.5, 0.6) is 11.5 Å². The Morgan fingerprint density at radius 1 is 0.574 bits per heavy atom. The number of nitrogens with one attached hydrogen (secondary N) is 7. The summed E-state index contributed by atoms with van der Waals surface area (Å²) in [5.41, 5.74) is 1.23. The van der Waals surface area contributed by atoms with Crippen molar-refractivity contribution >= 4 is 59.1 Å². The minimum absolute atomic E-state index is 0.00868. The van der Waals surface area contributed by atoms with Crippen LogP contribution in [0.25, 0.3) is 0 Å². The number of aliphatic hydroxyl groups excluding tert-OH is 5. The zero-order chi connectivity index (χ0) is 70.5. The molecule has 1 aliphatic rings. The van der Waals surface area contributed by atoms with Crippen LogP contribution in [0.4, 0.5) is 0 Å². The monoisotopic (exact) mass is 1320 g/mol. The van der Waals surface area contributed by atoms with Crippen LogP contribution in [0, 0.1) is 23.7 Å². The Morgan fingerprint density at radius 2 is 1.03 bits per heavy atom. The molecule has 0 fully saturated rings. The van der Waals surface area contributed by atoms with Gasteiger partial charge in [-0.15, -0.1) is 0 Å². The second-order valence-electron chi connectivity index (χ2n) is 25.4. The lowest BCUT2D eigenvalue weighted by atomic mass is 9.97. The number of allylic oxidation sites excluding steroid dienone is 1. The van der Waals surface area contributed by atoms with E-state index in [1.54, 1.807) is 85.7 Å². The van der Waals surface area contributed by atoms with Crippen molar-refractivity contribution in [3.8, 4) is 11.5 Å². The van der Waals surface area contributed by atoms with E-state index in [0.29, 0.717) is 11.1 Å². The number of phenolic OH excluding ortho intramolecular Hbond substituents is 2. The number of carbonyl (C=O) groups is 10. The average molecular weight is 1320 g/mol. The number of aromatic hydroxyl groups is 2. The minimum atomic E-state index is -1.78. The number of nitrogens with zero attached hydrogens (tertiary/aromatic N) is 2. The van der Waals surface area contributed by atoms with Gasteiger partial charge in [0.1, 0.15) is 48.3 Å². The maximum Gasteiger partial charge on any atom is 0.329 e. The summed E-state index contributed by atoms with van der Waals surface area (Å²) in [7, 11) is 2.85. The molecule has 14 N–H and O–H groups in total. The van der Waals surface area contributed by atoms with Crippen LogP contribution in [-0.4, -0.2) is 211 Å². The van der Waals surface area contributed by atoms with E-state index < -0.39 is 195 Å². The Bertz CT molecular complexity index is 2850. The Kier molecular flexibility index (Phi) is 34.4. The van der Waals surface area contributed by atoms with Crippen molar-refractivity contribution in [2.24, 2.45) is 23.7 Å². The lowest BCUT2D eigenvalue weighted by Crippen LogP contribution is -2.58. The van der Waals surface area contributed by atoms with Gasteiger partial charge in [0, 0.05) is 33.0 Å². The van der Waals surface area contributed by atoms with Crippen molar-refractivity contribution in [2.45, 2.75) is 206 Å². The van der Waals surface area contributed by atoms with Gasteiger partial charge in [-0.2, -0.15) is 0 Å². The molecule has 27 nitrogen and oxygen atoms in total. The molecule has 2 aromatic carbocycles. The number of ether oxygens (including phenoxy) is 1. The van der Waals surface area contributed by atoms with E-state index in [9.17, 15) is 83.7 Å². The van der Waals surface area contributed by atoms with Crippen LogP contribution in [-0.2, 0) is 65.5 Å². The van der Waals surface area contributed by atoms with E-state index in [-0.39, 0.29) is 30.8 Å². The summed E-state index contributed by atoms with van der Waals surface area (Å²) < 4.78 is 5.69. The van der Waals surface area contributed by atoms with Crippen LogP contribution in [0.1, 0.15) is 131 Å². The molecule has 0 bridgehead atoms. The fourth-order valence-corrected chi connectivity index (χ4v) is 10.4. The van der Waals surface area contributed by atoms with Gasteiger partial charge >= 0.3 is 5.97 Å². The van der Waals surface area contributed by atoms with E-state index in [4.69, 9.17) is 4.74 Å². The number of amides is 9. The van der Waals surface area contributed by atoms with Crippen LogP contribution in [0.3, 0.4) is 0 Å². The number of hydrogen-bond donors (Lipinski definition) is 14. The number of cyclic esters (lactones) is 1. The van der Waals surface area contributed by atoms with Crippen molar-refractivity contribution < 1.29 is 88.4 Å². The molecule has 12 atom stereocenters. The fraction of sp³-hybridized carbons (Fsp3) is 0.612. The number of benzene rings is 2. The molecule has 0 aliphatic carbocycles. The Balaban J connectivity index is 1.65. The molecule has 1 aliphatic heterocycles. The molecule has 2 aromatic rings. The summed E-state index contributed by atoms with van der Waals surface area (Å²) in [5, 5.41) is 92.0. The van der Waals surface area contributed by atoms with Gasteiger partial charge in [-0.1, -0.05) is 124 Å². The van der Waals surface area contributed by atoms with Gasteiger partial charge in [-0.05, 0) is 78.3 Å². The number of aliphatic hydroxyl groups is 5. The first kappa shape index (κ1) is 80.3. The molecule has 94 heavy (non-hydrogen) atoms. The van der Waals surface area contributed by atoms with Gasteiger partial charge in [-0.25, -0.2) is 4.79 Å². The Hall–Kier alpha value is -7.98. The third-order valence-corrected chi connectivity index (χ3v) is 16.2. The molecule has 0 radical (unpaired) electrons. The second-order valence-corrected chi connectivity index (χ2v) is 25.4. The molecular formula is C67H103N9O18. The highest BCUT2D eigenvalue weighted by Crippen LogP contribution is 2.21. The van der Waals surface area contributed by atoms with Crippen LogP contribution in [0.2, 0.25) is 0 Å². The maximum atomic E-state index is 14.0. The van der Waals surface area contributed by atoms with Gasteiger partial charge in [0.05, 0.1) is 75.0 Å². The molecule has 524 valence electrons. The number of hydrogen-bond acceptors (Lipinski definition) is 18. The topological polar surface area (TPSA) is 412 Å². The van der Waals surface area contributed by atoms with E-state index in [1.165, 1.54) is 54.2 Å². The number of esters is 1. The molecule has 9 amide bonds. The van der Waals surface area contributed by atoms with Gasteiger partial charge < -0.3 is 87.5 Å². The highest BCUT2D eigenvalue weighted by atomic mass is 16.5. The van der Waals surface area contributed by atoms with Gasteiger partial charge in [-0.3, -0.25) is 43.2 Å². The predicted molar refractivity (Wildman–Crippen MR) is 348 cm³/mol. The van der Waals surface area contributed by atoms with E-state index in [0.717, 1.165) is 38.2 Å². The molecule has 0 saturated carbocycles. The quantitative estimate of drug-likeness (QED) is 0.0255. The molecule has 1 heterocycles. The normalized spacial score (nSPS) is 18.6. The molecule has 0 aromatic heterocycles. The zero-order valence-electron chi connectivity index (χ0n) is 56.1. The highest BCUT2D eigenvalue weighted by molar-refractivity contribution is 5.95. The zero-order valence-corrected chi connectivity index (χ0v) is 56.1. The molecule has 12 unspecified atom stereocenters. The number of phenols is 2. The summed E-state index contributed by atoms with van der Waals surface area (Å²) in [4.78, 5) is 139. The molecule has 3 rings (SSSR count). The second kappa shape index (κ2) is 40.3. The van der Waals surface area contributed by atoms with Crippen LogP contribution in [0.15, 0.2) is 72.8 Å². The van der Waals surface area contributed by atoms with Crippen molar-refractivity contribution in [3.63, 3.8) is 0 Å². The van der Waals surface area contributed by atoms with Crippen molar-refractivity contribution in [1.29, 1.82) is 0 Å². The van der Waals surface area contributed by atoms with E-state index in [2.05, 4.69) is 44.1 Å². The summed E-state index contributed by atoms with van der Waals surface area (Å²) in [5.74, 6) is -9.78. The van der Waals surface area contributed by atoms with Crippen LogP contribution >= 0.6 is 0 Å². The first-order valence-corrected chi connectivity index (χ1v) is 32.3. The third-order valence-electron chi connectivity index (χ3n) is 16.2. The van der Waals surface area contributed by atoms with Gasteiger partial charge in [0.2, 0.25) is 53.2 Å². The smallest absolute Gasteiger partial charge is 0.329 e. The van der Waals surface area contributed by atoms with E-state index >= 15 is 0 Å². The largest absolute Gasteiger partial charge is 0.508 e. The van der Waals surface area contributed by atoms with E-state index in [1.807, 2.05) is 6.08 Å². The van der Waals surface area contributed by atoms with Crippen LogP contribution < -0.4 is 37.2 Å². The molecular weight excluding hydrogens is 1220 g/mol. The summed E-state index contributed by atoms with van der Waals surface area (Å²) in [6.45, 7) is 12.9. The Labute approximate surface area is 551 Å². The fourth-order valence-electron chi connectivity index (χ4n) is 10.4. The minimum Gasteiger partial charge on any atom is -0.508 e. The highest BCUT2D eigenvalue weighted by Gasteiger charge is 2.39. The predicted octanol–water partition coefficient (Wildman–Crippen LogP) is 0.822. The number of carbonyl (C=O) groups excluding carboxylic acids is 10. The standard InChI is InChI=1S/C67H103N9O18/c1-12-13-14-15-16-17-18-19-54(84)69-47(30-42-20-25-45(79)26-21-42)51(81)32-55(85)73-60(39(4)5)64(90)70-49(36-78)53(83)34-57(87)74-61(40(6)7)65(91)71-48(35-77)52(82)33-56(86)72-59(38(2)3)63(89)68-44-24-29-58(88)76(11)62(41(8)9)66(92)75(10)50(67(93)94-37-44)31-43-22-27-46(80)28-23-43/h17-18,20-29,38-41,44,47-53,59-62,77-83H,12-16,19,30-37H2,1-11H3,(H,68,89)(H,69,84)(H,70,90)(H,71,91)(H,72,86)(H,73,85)(H,74,87). The van der Waals surface area contributed by atoms with Crippen molar-refractivity contribution in [2.75, 3.05) is 33.9 Å². The molecule has 0 spiro atoms. The first-order valence-electron chi connectivity index (χ1n) is 32.3. The van der Waals surface area contributed by atoms with Gasteiger partial charge in [0.25, 0.3) is 0 Å². The lowest BCUT2D eigenvalue weighted by molar-refractivity contribution is -0.157. The summed E-state index contributed by atoms with van der Waals surface area (Å²) >= 11 is 0. The van der Waals surface area contributed by atoms with Crippen molar-refractivity contribution in [3.05, 3.63) is 84.0 Å². The Morgan fingerprint density at radius 3 is 1.48 bits per heavy atom. The average Bonchev–Trinajstić information content (AvgIpc) is 0.861. The van der Waals surface area contributed by atoms with Gasteiger partial charge in [0.15, 0.2) is 0 Å².